The number of nitrogens with zero attached hydrogens (tertiary/aromatic N) is 2. The van der Waals surface area contributed by atoms with Gasteiger partial charge in [0.25, 0.3) is 11.5 Å². The van der Waals surface area contributed by atoms with Gasteiger partial charge in [-0.2, -0.15) is 5.10 Å². The van der Waals surface area contributed by atoms with E-state index >= 15 is 0 Å². The minimum atomic E-state index is -0.484. The Hall–Kier alpha value is -4.19. The Bertz CT molecular complexity index is 1350. The maximum Gasteiger partial charge on any atom is 0.280 e. The number of hydrogen-bond acceptors (Lipinski definition) is 4. The van der Waals surface area contributed by atoms with Crippen molar-refractivity contribution in [2.45, 2.75) is 32.6 Å². The van der Waals surface area contributed by atoms with Crippen LogP contribution in [0.25, 0.3) is 22.4 Å². The fraction of sp³-hybridized carbons (Fsp3) is 0.233. The fourth-order valence-electron chi connectivity index (χ4n) is 4.07. The van der Waals surface area contributed by atoms with Gasteiger partial charge in [0, 0.05) is 23.9 Å². The van der Waals surface area contributed by atoms with E-state index in [0.717, 1.165) is 29.7 Å². The highest BCUT2D eigenvalue weighted by Gasteiger charge is 2.24. The zero-order valence-corrected chi connectivity index (χ0v) is 20.7. The summed E-state index contributed by atoms with van der Waals surface area (Å²) in [6.45, 7) is 2.85. The first kappa shape index (κ1) is 24.9. The summed E-state index contributed by atoms with van der Waals surface area (Å²) in [6.07, 6.45) is 4.57. The molecule has 1 amide bonds. The molecule has 0 atom stereocenters. The van der Waals surface area contributed by atoms with Gasteiger partial charge in [-0.1, -0.05) is 86.8 Å². The third-order valence-corrected chi connectivity index (χ3v) is 5.96. The van der Waals surface area contributed by atoms with E-state index in [1.807, 2.05) is 72.8 Å². The van der Waals surface area contributed by atoms with Crippen LogP contribution in [0.5, 0.6) is 5.75 Å². The summed E-state index contributed by atoms with van der Waals surface area (Å²) in [7, 11) is 1.56. The molecule has 184 valence electrons. The van der Waals surface area contributed by atoms with E-state index < -0.39 is 11.5 Å². The number of ether oxygens (including phenoxy) is 1. The van der Waals surface area contributed by atoms with Gasteiger partial charge in [-0.05, 0) is 36.2 Å². The third kappa shape index (κ3) is 5.89. The molecule has 1 aromatic heterocycles. The minimum Gasteiger partial charge on any atom is -0.494 e. The van der Waals surface area contributed by atoms with E-state index in [2.05, 4.69) is 17.3 Å². The smallest absolute Gasteiger partial charge is 0.280 e. The Kier molecular flexibility index (Phi) is 8.29. The maximum absolute atomic E-state index is 13.5. The number of hydrogen-bond donors (Lipinski definition) is 1. The Morgan fingerprint density at radius 1 is 0.861 bits per heavy atom. The second-order valence-corrected chi connectivity index (χ2v) is 8.65. The SMILES string of the molecule is CCCCCCOc1ccc(NC(=O)c2c(-c3ccccc3)c(-c3ccccc3)nn(C)c2=O)cc1. The second-order valence-electron chi connectivity index (χ2n) is 8.65. The van der Waals surface area contributed by atoms with Gasteiger partial charge in [0.2, 0.25) is 0 Å². The quantitative estimate of drug-likeness (QED) is 0.269. The first-order chi connectivity index (χ1) is 17.6. The molecule has 0 spiro atoms. The lowest BCUT2D eigenvalue weighted by Gasteiger charge is -2.16. The van der Waals surface area contributed by atoms with Gasteiger partial charge in [-0.25, -0.2) is 4.68 Å². The van der Waals surface area contributed by atoms with Crippen molar-refractivity contribution >= 4 is 11.6 Å². The van der Waals surface area contributed by atoms with Crippen LogP contribution < -0.4 is 15.6 Å². The molecule has 3 aromatic carbocycles. The van der Waals surface area contributed by atoms with Crippen LogP contribution in [0, 0.1) is 0 Å². The monoisotopic (exact) mass is 481 g/mol. The summed E-state index contributed by atoms with van der Waals surface area (Å²) in [6, 6.07) is 26.2. The van der Waals surface area contributed by atoms with E-state index in [4.69, 9.17) is 4.74 Å². The van der Waals surface area contributed by atoms with Crippen molar-refractivity contribution in [2.75, 3.05) is 11.9 Å². The molecule has 4 rings (SSSR count). The number of nitrogens with one attached hydrogen (secondary N) is 1. The molecule has 36 heavy (non-hydrogen) atoms. The number of benzene rings is 3. The second kappa shape index (κ2) is 12.0. The maximum atomic E-state index is 13.5. The number of unbranched alkanes of at least 4 members (excludes halogenated alkanes) is 3. The van der Waals surface area contributed by atoms with Crippen LogP contribution in [0.1, 0.15) is 43.0 Å². The molecule has 6 heteroatoms. The molecule has 6 nitrogen and oxygen atoms in total. The molecule has 0 fully saturated rings. The van der Waals surface area contributed by atoms with Gasteiger partial charge in [-0.3, -0.25) is 9.59 Å². The predicted molar refractivity (Wildman–Crippen MR) is 144 cm³/mol. The first-order valence-electron chi connectivity index (χ1n) is 12.3. The molecule has 0 aliphatic carbocycles. The molecule has 4 aromatic rings. The van der Waals surface area contributed by atoms with E-state index in [1.165, 1.54) is 17.5 Å². The zero-order valence-electron chi connectivity index (χ0n) is 20.7. The zero-order chi connectivity index (χ0) is 25.3. The number of anilines is 1. The Balaban J connectivity index is 1.65. The highest BCUT2D eigenvalue weighted by Crippen LogP contribution is 2.32. The summed E-state index contributed by atoms with van der Waals surface area (Å²) in [5.74, 6) is 0.267. The molecular weight excluding hydrogens is 450 g/mol. The van der Waals surface area contributed by atoms with E-state index in [-0.39, 0.29) is 5.56 Å². The van der Waals surface area contributed by atoms with Crippen molar-refractivity contribution in [2.24, 2.45) is 7.05 Å². The molecule has 0 unspecified atom stereocenters. The van der Waals surface area contributed by atoms with Crippen LogP contribution in [-0.4, -0.2) is 22.3 Å². The number of rotatable bonds is 10. The summed E-state index contributed by atoms with van der Waals surface area (Å²) >= 11 is 0. The molecule has 1 heterocycles. The Morgan fingerprint density at radius 2 is 1.50 bits per heavy atom. The van der Waals surface area contributed by atoms with Crippen molar-refractivity contribution in [3.05, 3.63) is 101 Å². The molecule has 0 saturated carbocycles. The minimum absolute atomic E-state index is 0.0498. The average Bonchev–Trinajstić information content (AvgIpc) is 2.91. The molecule has 0 bridgehead atoms. The summed E-state index contributed by atoms with van der Waals surface area (Å²) in [5, 5.41) is 7.43. The van der Waals surface area contributed by atoms with Crippen LogP contribution in [-0.2, 0) is 7.05 Å². The van der Waals surface area contributed by atoms with Gasteiger partial charge >= 0.3 is 0 Å². The van der Waals surface area contributed by atoms with Crippen molar-refractivity contribution in [3.8, 4) is 28.1 Å². The highest BCUT2D eigenvalue weighted by molar-refractivity contribution is 6.10. The van der Waals surface area contributed by atoms with Crippen LogP contribution >= 0.6 is 0 Å². The molecule has 0 aliphatic heterocycles. The van der Waals surface area contributed by atoms with Gasteiger partial charge in [0.05, 0.1) is 12.3 Å². The van der Waals surface area contributed by atoms with Crippen molar-refractivity contribution in [1.82, 2.24) is 9.78 Å². The lowest BCUT2D eigenvalue weighted by molar-refractivity contribution is 0.102. The van der Waals surface area contributed by atoms with Crippen LogP contribution in [0.2, 0.25) is 0 Å². The molecule has 0 aliphatic rings. The van der Waals surface area contributed by atoms with Gasteiger partial charge in [-0.15, -0.1) is 0 Å². The molecule has 0 radical (unpaired) electrons. The normalized spacial score (nSPS) is 10.7. The fourth-order valence-corrected chi connectivity index (χ4v) is 4.07. The van der Waals surface area contributed by atoms with Crippen LogP contribution in [0.4, 0.5) is 5.69 Å². The van der Waals surface area contributed by atoms with Crippen molar-refractivity contribution in [1.29, 1.82) is 0 Å². The lowest BCUT2D eigenvalue weighted by Crippen LogP contribution is -2.31. The van der Waals surface area contributed by atoms with Gasteiger partial charge < -0.3 is 10.1 Å². The summed E-state index contributed by atoms with van der Waals surface area (Å²) in [5.41, 5.74) is 2.82. The third-order valence-electron chi connectivity index (χ3n) is 5.96. The topological polar surface area (TPSA) is 73.2 Å². The first-order valence-corrected chi connectivity index (χ1v) is 12.3. The Labute approximate surface area is 211 Å². The standard InChI is InChI=1S/C30H31N3O3/c1-3-4-5-12-21-36-25-19-17-24(18-20-25)31-29(34)27-26(22-13-8-6-9-14-22)28(32-33(2)30(27)35)23-15-10-7-11-16-23/h6-11,13-20H,3-5,12,21H2,1-2H3,(H,31,34). The number of carbonyl (C=O) groups excluding carboxylic acids is 1. The Morgan fingerprint density at radius 3 is 2.14 bits per heavy atom. The van der Waals surface area contributed by atoms with Gasteiger partial charge in [0.15, 0.2) is 0 Å². The van der Waals surface area contributed by atoms with E-state index in [0.29, 0.717) is 23.6 Å². The van der Waals surface area contributed by atoms with Crippen LogP contribution in [0.3, 0.4) is 0 Å². The number of carbonyl (C=O) groups is 1. The molecule has 0 saturated heterocycles. The average molecular weight is 482 g/mol. The number of amides is 1. The highest BCUT2D eigenvalue weighted by atomic mass is 16.5. The largest absolute Gasteiger partial charge is 0.494 e. The predicted octanol–water partition coefficient (Wildman–Crippen LogP) is 6.33. The molecule has 1 N–H and O–H groups in total. The summed E-state index contributed by atoms with van der Waals surface area (Å²) < 4.78 is 7.02. The number of aromatic nitrogens is 2. The lowest BCUT2D eigenvalue weighted by atomic mass is 9.95. The van der Waals surface area contributed by atoms with Crippen LogP contribution in [0.15, 0.2) is 89.7 Å². The molecular formula is C30H31N3O3. The van der Waals surface area contributed by atoms with Crippen molar-refractivity contribution in [3.63, 3.8) is 0 Å². The van der Waals surface area contributed by atoms with E-state index in [9.17, 15) is 9.59 Å². The summed E-state index contributed by atoms with van der Waals surface area (Å²) in [4.78, 5) is 26.8. The van der Waals surface area contributed by atoms with Gasteiger partial charge in [0.1, 0.15) is 11.3 Å². The van der Waals surface area contributed by atoms with Crippen molar-refractivity contribution < 1.29 is 9.53 Å². The van der Waals surface area contributed by atoms with E-state index in [1.54, 1.807) is 19.2 Å². The number of aryl methyl sites for hydroxylation is 1.